The molecule has 0 aromatic heterocycles. The normalized spacial score (nSPS) is 10.2. The van der Waals surface area contributed by atoms with E-state index in [2.05, 4.69) is 0 Å². The highest BCUT2D eigenvalue weighted by molar-refractivity contribution is 7.98. The molecule has 0 heterocycles. The quantitative estimate of drug-likeness (QED) is 0.712. The van der Waals surface area contributed by atoms with Crippen LogP contribution in [0.4, 0.5) is 5.69 Å². The van der Waals surface area contributed by atoms with Gasteiger partial charge in [-0.15, -0.1) is 11.8 Å². The summed E-state index contributed by atoms with van der Waals surface area (Å²) >= 11 is 1.59. The van der Waals surface area contributed by atoms with Crippen LogP contribution in [-0.2, 0) is 9.59 Å². The Morgan fingerprint density at radius 3 is 2.21 bits per heavy atom. The van der Waals surface area contributed by atoms with E-state index < -0.39 is 11.9 Å². The van der Waals surface area contributed by atoms with Crippen LogP contribution in [-0.4, -0.2) is 41.5 Å². The van der Waals surface area contributed by atoms with Crippen LogP contribution in [0.5, 0.6) is 0 Å². The smallest absolute Gasteiger partial charge is 0.305 e. The van der Waals surface area contributed by atoms with Crippen LogP contribution in [0.15, 0.2) is 29.2 Å². The van der Waals surface area contributed by atoms with Gasteiger partial charge in [-0.1, -0.05) is 6.07 Å². The summed E-state index contributed by atoms with van der Waals surface area (Å²) in [4.78, 5) is 24.2. The van der Waals surface area contributed by atoms with Gasteiger partial charge < -0.3 is 15.1 Å². The maximum atomic E-state index is 10.6. The number of carboxylic acids is 2. The van der Waals surface area contributed by atoms with Crippen molar-refractivity contribution in [1.29, 1.82) is 0 Å². The van der Waals surface area contributed by atoms with Crippen molar-refractivity contribution >= 4 is 29.4 Å². The molecule has 0 saturated carbocycles. The van der Waals surface area contributed by atoms with E-state index in [1.54, 1.807) is 16.7 Å². The summed E-state index contributed by atoms with van der Waals surface area (Å²) in [7, 11) is 0. The molecule has 0 spiro atoms. The molecule has 1 aromatic carbocycles. The van der Waals surface area contributed by atoms with Gasteiger partial charge in [0.25, 0.3) is 0 Å². The molecule has 104 valence electrons. The van der Waals surface area contributed by atoms with Crippen molar-refractivity contribution in [2.75, 3.05) is 24.2 Å². The van der Waals surface area contributed by atoms with E-state index in [0.29, 0.717) is 13.1 Å². The molecule has 0 saturated heterocycles. The first-order valence-corrected chi connectivity index (χ1v) is 7.08. The SMILES string of the molecule is CSc1cccc(N(CCC(=O)O)CCC(=O)O)c1. The van der Waals surface area contributed by atoms with Gasteiger partial charge in [-0.2, -0.15) is 0 Å². The van der Waals surface area contributed by atoms with E-state index in [4.69, 9.17) is 10.2 Å². The Morgan fingerprint density at radius 2 is 1.74 bits per heavy atom. The zero-order chi connectivity index (χ0) is 14.3. The van der Waals surface area contributed by atoms with Crippen molar-refractivity contribution < 1.29 is 19.8 Å². The molecule has 5 nitrogen and oxygen atoms in total. The third-order valence-corrected chi connectivity index (χ3v) is 3.33. The molecule has 6 heteroatoms. The van der Waals surface area contributed by atoms with Gasteiger partial charge in [0.1, 0.15) is 0 Å². The highest BCUT2D eigenvalue weighted by atomic mass is 32.2. The molecule has 1 aromatic rings. The summed E-state index contributed by atoms with van der Waals surface area (Å²) in [6.45, 7) is 0.612. The van der Waals surface area contributed by atoms with Crippen LogP contribution in [0, 0.1) is 0 Å². The molecule has 0 unspecified atom stereocenters. The van der Waals surface area contributed by atoms with Crippen LogP contribution in [0.3, 0.4) is 0 Å². The van der Waals surface area contributed by atoms with Crippen molar-refractivity contribution in [3.05, 3.63) is 24.3 Å². The minimum Gasteiger partial charge on any atom is -0.481 e. The van der Waals surface area contributed by atoms with E-state index >= 15 is 0 Å². The Morgan fingerprint density at radius 1 is 1.16 bits per heavy atom. The van der Waals surface area contributed by atoms with Crippen molar-refractivity contribution in [1.82, 2.24) is 0 Å². The average Bonchev–Trinajstić information content (AvgIpc) is 2.38. The largest absolute Gasteiger partial charge is 0.481 e. The third kappa shape index (κ3) is 5.65. The summed E-state index contributed by atoms with van der Waals surface area (Å²) in [6.07, 6.45) is 1.93. The number of thioether (sulfide) groups is 1. The van der Waals surface area contributed by atoms with Crippen LogP contribution in [0.25, 0.3) is 0 Å². The predicted molar refractivity (Wildman–Crippen MR) is 74.9 cm³/mol. The molecule has 0 aliphatic rings. The van der Waals surface area contributed by atoms with Crippen molar-refractivity contribution in [3.8, 4) is 0 Å². The Hall–Kier alpha value is -1.69. The summed E-state index contributed by atoms with van der Waals surface area (Å²) in [5.74, 6) is -1.78. The fraction of sp³-hybridized carbons (Fsp3) is 0.385. The lowest BCUT2D eigenvalue weighted by Crippen LogP contribution is -2.28. The van der Waals surface area contributed by atoms with E-state index in [0.717, 1.165) is 10.6 Å². The number of nitrogens with zero attached hydrogens (tertiary/aromatic N) is 1. The van der Waals surface area contributed by atoms with E-state index in [-0.39, 0.29) is 12.8 Å². The second-order valence-corrected chi connectivity index (χ2v) is 4.86. The number of carbonyl (C=O) groups is 2. The topological polar surface area (TPSA) is 77.8 Å². The minimum absolute atomic E-state index is 0.0108. The number of rotatable bonds is 8. The molecule has 0 aliphatic carbocycles. The molecule has 0 aliphatic heterocycles. The van der Waals surface area contributed by atoms with Crippen molar-refractivity contribution in [2.45, 2.75) is 17.7 Å². The van der Waals surface area contributed by atoms with Gasteiger partial charge in [-0.25, -0.2) is 0 Å². The average molecular weight is 283 g/mol. The van der Waals surface area contributed by atoms with Crippen LogP contribution in [0.1, 0.15) is 12.8 Å². The highest BCUT2D eigenvalue weighted by Crippen LogP contribution is 2.22. The Labute approximate surface area is 116 Å². The first-order chi connectivity index (χ1) is 9.02. The summed E-state index contributed by atoms with van der Waals surface area (Å²) < 4.78 is 0. The first-order valence-electron chi connectivity index (χ1n) is 5.85. The second-order valence-electron chi connectivity index (χ2n) is 3.98. The van der Waals surface area contributed by atoms with Gasteiger partial charge >= 0.3 is 11.9 Å². The number of anilines is 1. The highest BCUT2D eigenvalue weighted by Gasteiger charge is 2.11. The maximum absolute atomic E-state index is 10.6. The Kier molecular flexibility index (Phi) is 6.21. The van der Waals surface area contributed by atoms with Gasteiger partial charge in [0.05, 0.1) is 12.8 Å². The fourth-order valence-corrected chi connectivity index (χ4v) is 2.09. The van der Waals surface area contributed by atoms with Gasteiger partial charge in [0.2, 0.25) is 0 Å². The summed E-state index contributed by atoms with van der Waals surface area (Å²) in [6, 6.07) is 7.65. The van der Waals surface area contributed by atoms with Gasteiger partial charge in [0.15, 0.2) is 0 Å². The number of aliphatic carboxylic acids is 2. The number of hydrogen-bond acceptors (Lipinski definition) is 4. The minimum atomic E-state index is -0.888. The number of hydrogen-bond donors (Lipinski definition) is 2. The van der Waals surface area contributed by atoms with Crippen LogP contribution in [0.2, 0.25) is 0 Å². The lowest BCUT2D eigenvalue weighted by molar-refractivity contribution is -0.137. The van der Waals surface area contributed by atoms with Gasteiger partial charge in [0, 0.05) is 23.7 Å². The zero-order valence-electron chi connectivity index (χ0n) is 10.7. The molecule has 0 bridgehead atoms. The monoisotopic (exact) mass is 283 g/mol. The van der Waals surface area contributed by atoms with Crippen LogP contribution < -0.4 is 4.90 Å². The molecule has 2 N–H and O–H groups in total. The molecule has 0 fully saturated rings. The molecular weight excluding hydrogens is 266 g/mol. The molecular formula is C13H17NO4S. The fourth-order valence-electron chi connectivity index (χ4n) is 1.64. The van der Waals surface area contributed by atoms with Crippen molar-refractivity contribution in [2.24, 2.45) is 0 Å². The molecule has 0 radical (unpaired) electrons. The summed E-state index contributed by atoms with van der Waals surface area (Å²) in [5.41, 5.74) is 0.856. The predicted octanol–water partition coefficient (Wildman–Crippen LogP) is 2.16. The second kappa shape index (κ2) is 7.68. The maximum Gasteiger partial charge on any atom is 0.305 e. The van der Waals surface area contributed by atoms with E-state index in [1.165, 1.54) is 0 Å². The molecule has 0 atom stereocenters. The molecule has 1 rings (SSSR count). The third-order valence-electron chi connectivity index (χ3n) is 2.61. The summed E-state index contributed by atoms with van der Waals surface area (Å²) in [5, 5.41) is 17.5. The van der Waals surface area contributed by atoms with E-state index in [1.807, 2.05) is 30.5 Å². The standard InChI is InChI=1S/C13H17NO4S/c1-19-11-4-2-3-10(9-11)14(7-5-12(15)16)8-6-13(17)18/h2-4,9H,5-8H2,1H3,(H,15,16)(H,17,18). The number of carboxylic acid groups (broad SMARTS) is 2. The molecule has 19 heavy (non-hydrogen) atoms. The van der Waals surface area contributed by atoms with Crippen molar-refractivity contribution in [3.63, 3.8) is 0 Å². The van der Waals surface area contributed by atoms with E-state index in [9.17, 15) is 9.59 Å². The number of benzene rings is 1. The zero-order valence-corrected chi connectivity index (χ0v) is 11.5. The van der Waals surface area contributed by atoms with Gasteiger partial charge in [-0.3, -0.25) is 9.59 Å². The Bertz CT molecular complexity index is 432. The lowest BCUT2D eigenvalue weighted by Gasteiger charge is -2.23. The van der Waals surface area contributed by atoms with Crippen LogP contribution >= 0.6 is 11.8 Å². The first kappa shape index (κ1) is 15.4. The lowest BCUT2D eigenvalue weighted by atomic mass is 10.2. The van der Waals surface area contributed by atoms with Gasteiger partial charge in [-0.05, 0) is 24.5 Å². The Balaban J connectivity index is 2.80. The molecule has 0 amide bonds.